The minimum absolute atomic E-state index is 0.000164. The maximum absolute atomic E-state index is 12.4. The Kier molecular flexibility index (Phi) is 5.43. The van der Waals surface area contributed by atoms with Crippen LogP contribution >= 0.6 is 11.3 Å². The van der Waals surface area contributed by atoms with E-state index in [-0.39, 0.29) is 17.7 Å². The average Bonchev–Trinajstić information content (AvgIpc) is 3.34. The van der Waals surface area contributed by atoms with E-state index in [0.717, 1.165) is 16.3 Å². The van der Waals surface area contributed by atoms with E-state index in [9.17, 15) is 9.59 Å². The smallest absolute Gasteiger partial charge is 0.227 e. The van der Waals surface area contributed by atoms with Gasteiger partial charge in [-0.25, -0.2) is 0 Å². The topological polar surface area (TPSA) is 75.2 Å². The van der Waals surface area contributed by atoms with E-state index < -0.39 is 0 Å². The van der Waals surface area contributed by atoms with Crippen LogP contribution in [0.3, 0.4) is 0 Å². The number of amides is 2. The van der Waals surface area contributed by atoms with Gasteiger partial charge in [0.05, 0.1) is 0 Å². The van der Waals surface area contributed by atoms with Crippen molar-refractivity contribution in [2.24, 2.45) is 0 Å². The number of para-hydroxylation sites is 1. The number of nitrogens with zero attached hydrogens (tertiary/aromatic N) is 3. The van der Waals surface area contributed by atoms with Gasteiger partial charge in [-0.15, -0.1) is 10.2 Å². The summed E-state index contributed by atoms with van der Waals surface area (Å²) in [6.07, 6.45) is 1.48. The normalized spacial score (nSPS) is 16.4. The fraction of sp³-hybridized carbons (Fsp3) is 0.238. The Morgan fingerprint density at radius 1 is 1.07 bits per heavy atom. The van der Waals surface area contributed by atoms with Crippen molar-refractivity contribution in [3.05, 3.63) is 71.2 Å². The molecule has 7 heteroatoms. The van der Waals surface area contributed by atoms with Gasteiger partial charge in [-0.1, -0.05) is 59.9 Å². The van der Waals surface area contributed by atoms with E-state index in [1.165, 1.54) is 11.3 Å². The zero-order chi connectivity index (χ0) is 19.3. The van der Waals surface area contributed by atoms with Crippen molar-refractivity contribution in [2.75, 3.05) is 16.8 Å². The molecular weight excluding hydrogens is 372 g/mol. The molecule has 0 bridgehead atoms. The first-order valence-electron chi connectivity index (χ1n) is 9.21. The molecule has 1 aliphatic heterocycles. The first-order valence-corrected chi connectivity index (χ1v) is 10.0. The van der Waals surface area contributed by atoms with Gasteiger partial charge in [-0.05, 0) is 24.1 Å². The number of hydrogen-bond donors (Lipinski definition) is 1. The second-order valence-electron chi connectivity index (χ2n) is 6.72. The van der Waals surface area contributed by atoms with E-state index in [2.05, 4.69) is 15.5 Å². The average molecular weight is 392 g/mol. The number of carbonyl (C=O) groups is 2. The van der Waals surface area contributed by atoms with Crippen LogP contribution < -0.4 is 10.2 Å². The Labute approximate surface area is 167 Å². The highest BCUT2D eigenvalue weighted by Gasteiger charge is 2.33. The highest BCUT2D eigenvalue weighted by atomic mass is 32.1. The molecule has 1 aromatic heterocycles. The third-order valence-electron chi connectivity index (χ3n) is 4.71. The SMILES string of the molecule is O=C(CCc1ccccc1)Nc1nnc(C2CC(=O)N(c3ccccc3)C2)s1. The molecule has 0 spiro atoms. The second kappa shape index (κ2) is 8.31. The predicted molar refractivity (Wildman–Crippen MR) is 109 cm³/mol. The van der Waals surface area contributed by atoms with Crippen LogP contribution in [-0.2, 0) is 16.0 Å². The van der Waals surface area contributed by atoms with Gasteiger partial charge in [0.15, 0.2) is 0 Å². The molecule has 1 N–H and O–H groups in total. The number of anilines is 2. The molecular formula is C21H20N4O2S. The van der Waals surface area contributed by atoms with Crippen molar-refractivity contribution in [2.45, 2.75) is 25.2 Å². The number of aromatic nitrogens is 2. The Hall–Kier alpha value is -3.06. The lowest BCUT2D eigenvalue weighted by molar-refractivity contribution is -0.117. The van der Waals surface area contributed by atoms with Gasteiger partial charge < -0.3 is 10.2 Å². The third kappa shape index (κ3) is 4.26. The summed E-state index contributed by atoms with van der Waals surface area (Å²) < 4.78 is 0. The number of benzene rings is 2. The van der Waals surface area contributed by atoms with Gasteiger partial charge in [0.2, 0.25) is 16.9 Å². The predicted octanol–water partition coefficient (Wildman–Crippen LogP) is 3.63. The third-order valence-corrected chi connectivity index (χ3v) is 5.71. The van der Waals surface area contributed by atoms with Crippen LogP contribution in [0.5, 0.6) is 0 Å². The second-order valence-corrected chi connectivity index (χ2v) is 7.73. The fourth-order valence-corrected chi connectivity index (χ4v) is 4.12. The van der Waals surface area contributed by atoms with Crippen LogP contribution in [0.2, 0.25) is 0 Å². The fourth-order valence-electron chi connectivity index (χ4n) is 3.26. The first-order chi connectivity index (χ1) is 13.7. The summed E-state index contributed by atoms with van der Waals surface area (Å²) in [6.45, 7) is 0.583. The van der Waals surface area contributed by atoms with E-state index in [4.69, 9.17) is 0 Å². The lowest BCUT2D eigenvalue weighted by atomic mass is 10.1. The largest absolute Gasteiger partial charge is 0.312 e. The molecule has 1 atom stereocenters. The summed E-state index contributed by atoms with van der Waals surface area (Å²) >= 11 is 1.35. The molecule has 0 aliphatic carbocycles. The minimum Gasteiger partial charge on any atom is -0.312 e. The molecule has 28 heavy (non-hydrogen) atoms. The maximum Gasteiger partial charge on any atom is 0.227 e. The highest BCUT2D eigenvalue weighted by molar-refractivity contribution is 7.15. The van der Waals surface area contributed by atoms with Gasteiger partial charge in [0, 0.05) is 31.0 Å². The van der Waals surface area contributed by atoms with Crippen LogP contribution in [0.1, 0.15) is 29.3 Å². The summed E-state index contributed by atoms with van der Waals surface area (Å²) in [5.41, 5.74) is 2.02. The molecule has 0 radical (unpaired) electrons. The molecule has 0 saturated carbocycles. The van der Waals surface area contributed by atoms with Crippen LogP contribution in [-0.4, -0.2) is 28.6 Å². The number of carbonyl (C=O) groups excluding carboxylic acids is 2. The standard InChI is InChI=1S/C21H20N4O2S/c26-18(12-11-15-7-3-1-4-8-15)22-21-24-23-20(28-21)16-13-19(27)25(14-16)17-9-5-2-6-10-17/h1-10,16H,11-14H2,(H,22,24,26). The number of rotatable bonds is 6. The van der Waals surface area contributed by atoms with Crippen molar-refractivity contribution >= 4 is 34.0 Å². The molecule has 6 nitrogen and oxygen atoms in total. The molecule has 1 saturated heterocycles. The highest BCUT2D eigenvalue weighted by Crippen LogP contribution is 2.34. The summed E-state index contributed by atoms with van der Waals surface area (Å²) in [5.74, 6) is -0.0000120. The van der Waals surface area contributed by atoms with Crippen molar-refractivity contribution < 1.29 is 9.59 Å². The molecule has 2 aromatic carbocycles. The van der Waals surface area contributed by atoms with E-state index in [1.54, 1.807) is 4.90 Å². The number of hydrogen-bond acceptors (Lipinski definition) is 5. The molecule has 2 heterocycles. The van der Waals surface area contributed by atoms with E-state index in [1.807, 2.05) is 60.7 Å². The summed E-state index contributed by atoms with van der Waals surface area (Å²) in [5, 5.41) is 12.4. The van der Waals surface area contributed by atoms with Crippen molar-refractivity contribution in [3.8, 4) is 0 Å². The van der Waals surface area contributed by atoms with Crippen LogP contribution in [0.25, 0.3) is 0 Å². The minimum atomic E-state index is -0.0834. The van der Waals surface area contributed by atoms with E-state index in [0.29, 0.717) is 30.9 Å². The molecule has 142 valence electrons. The first kappa shape index (κ1) is 18.3. The van der Waals surface area contributed by atoms with Crippen molar-refractivity contribution in [1.82, 2.24) is 10.2 Å². The maximum atomic E-state index is 12.4. The molecule has 1 aliphatic rings. The van der Waals surface area contributed by atoms with Gasteiger partial charge >= 0.3 is 0 Å². The summed E-state index contributed by atoms with van der Waals surface area (Å²) in [7, 11) is 0. The quantitative estimate of drug-likeness (QED) is 0.695. The van der Waals surface area contributed by atoms with Gasteiger partial charge in [-0.2, -0.15) is 0 Å². The van der Waals surface area contributed by atoms with Gasteiger partial charge in [-0.3, -0.25) is 9.59 Å². The summed E-state index contributed by atoms with van der Waals surface area (Å²) in [6, 6.07) is 19.5. The van der Waals surface area contributed by atoms with Gasteiger partial charge in [0.1, 0.15) is 5.01 Å². The zero-order valence-corrected chi connectivity index (χ0v) is 16.1. The molecule has 1 unspecified atom stereocenters. The monoisotopic (exact) mass is 392 g/mol. The number of nitrogens with one attached hydrogen (secondary N) is 1. The Balaban J connectivity index is 1.34. The summed E-state index contributed by atoms with van der Waals surface area (Å²) in [4.78, 5) is 26.3. The molecule has 4 rings (SSSR count). The van der Waals surface area contributed by atoms with Crippen molar-refractivity contribution in [1.29, 1.82) is 0 Å². The molecule has 2 amide bonds. The van der Waals surface area contributed by atoms with Crippen LogP contribution in [0, 0.1) is 0 Å². The molecule has 1 fully saturated rings. The van der Waals surface area contributed by atoms with E-state index >= 15 is 0 Å². The Bertz CT molecular complexity index is 959. The van der Waals surface area contributed by atoms with Crippen LogP contribution in [0.15, 0.2) is 60.7 Å². The van der Waals surface area contributed by atoms with Crippen molar-refractivity contribution in [3.63, 3.8) is 0 Å². The van der Waals surface area contributed by atoms with Gasteiger partial charge in [0.25, 0.3) is 0 Å². The Morgan fingerprint density at radius 3 is 2.54 bits per heavy atom. The molecule has 3 aromatic rings. The van der Waals surface area contributed by atoms with Crippen LogP contribution in [0.4, 0.5) is 10.8 Å². The number of aryl methyl sites for hydroxylation is 1. The zero-order valence-electron chi connectivity index (χ0n) is 15.2. The lowest BCUT2D eigenvalue weighted by Crippen LogP contribution is -2.24. The Morgan fingerprint density at radius 2 is 1.79 bits per heavy atom. The lowest BCUT2D eigenvalue weighted by Gasteiger charge is -2.15.